The quantitative estimate of drug-likeness (QED) is 0.398. The number of aromatic nitrogens is 2. The van der Waals surface area contributed by atoms with Crippen molar-refractivity contribution in [3.63, 3.8) is 0 Å². The van der Waals surface area contributed by atoms with Gasteiger partial charge in [0.05, 0.1) is 30.2 Å². The van der Waals surface area contributed by atoms with Crippen molar-refractivity contribution in [1.29, 1.82) is 5.26 Å². The summed E-state index contributed by atoms with van der Waals surface area (Å²) in [5.41, 5.74) is 2.99. The fourth-order valence-electron chi connectivity index (χ4n) is 3.52. The number of nitrogens with zero attached hydrogens (tertiary/aromatic N) is 5. The Labute approximate surface area is 243 Å². The normalized spacial score (nSPS) is 13.6. The number of anilines is 1. The Kier molecular flexibility index (Phi) is 11.9. The molecule has 1 aliphatic rings. The Hall–Kier alpha value is -5.05. The van der Waals surface area contributed by atoms with Crippen molar-refractivity contribution in [2.45, 2.75) is 25.4 Å². The first-order chi connectivity index (χ1) is 20.4. The van der Waals surface area contributed by atoms with Gasteiger partial charge in [-0.15, -0.1) is 0 Å². The molecule has 3 aromatic rings. The minimum absolute atomic E-state index is 0.162. The number of halogens is 8. The maximum absolute atomic E-state index is 13.5. The molecule has 236 valence electrons. The van der Waals surface area contributed by atoms with Gasteiger partial charge in [0.1, 0.15) is 0 Å². The van der Waals surface area contributed by atoms with E-state index in [4.69, 9.17) is 25.1 Å². The fraction of sp³-hybridized carbons (Fsp3) is 0.269. The van der Waals surface area contributed by atoms with Gasteiger partial charge in [0.2, 0.25) is 5.91 Å². The van der Waals surface area contributed by atoms with E-state index in [1.807, 2.05) is 21.6 Å². The zero-order valence-electron chi connectivity index (χ0n) is 22.1. The number of imidazole rings is 1. The van der Waals surface area contributed by atoms with Crippen molar-refractivity contribution in [2.24, 2.45) is 0 Å². The van der Waals surface area contributed by atoms with Crippen LogP contribution in [0.25, 0.3) is 0 Å². The summed E-state index contributed by atoms with van der Waals surface area (Å²) < 4.78 is 92.1. The molecule has 0 spiro atoms. The van der Waals surface area contributed by atoms with E-state index >= 15 is 0 Å². The molecule has 0 radical (unpaired) electrons. The van der Waals surface area contributed by atoms with Crippen molar-refractivity contribution in [3.05, 3.63) is 83.4 Å². The van der Waals surface area contributed by atoms with E-state index in [2.05, 4.69) is 11.1 Å². The molecular formula is C26H21F8N5O5. The van der Waals surface area contributed by atoms with Crippen LogP contribution in [0, 0.1) is 23.0 Å². The summed E-state index contributed by atoms with van der Waals surface area (Å²) in [6.07, 6.45) is -6.65. The lowest BCUT2D eigenvalue weighted by Crippen LogP contribution is -2.50. The molecule has 1 amide bonds. The molecule has 4 rings (SSSR count). The number of carboxylic acid groups (broad SMARTS) is 2. The summed E-state index contributed by atoms with van der Waals surface area (Å²) in [6, 6.07) is 13.0. The monoisotopic (exact) mass is 635 g/mol. The van der Waals surface area contributed by atoms with Crippen LogP contribution >= 0.6 is 0 Å². The predicted octanol–water partition coefficient (Wildman–Crippen LogP) is 4.20. The van der Waals surface area contributed by atoms with E-state index in [-0.39, 0.29) is 12.5 Å². The Balaban J connectivity index is 0.000000402. The standard InChI is InChI=1S/C22H19F2N5O.2C2HF3O2/c23-20-6-5-18(9-21(20)24)29-8-7-27(14-22(29)30)13-19-11-26-15-28(19)12-17-3-1-16(10-25)2-4-17;2*3-2(4,5)1(6)7/h1-6,9,11,15H,7-8,12-14H2;2*(H,6,7). The average Bonchev–Trinajstić information content (AvgIpc) is 3.36. The summed E-state index contributed by atoms with van der Waals surface area (Å²) in [5.74, 6) is -7.57. The highest BCUT2D eigenvalue weighted by Gasteiger charge is 2.39. The highest BCUT2D eigenvalue weighted by Crippen LogP contribution is 2.21. The molecule has 0 atom stereocenters. The molecule has 44 heavy (non-hydrogen) atoms. The van der Waals surface area contributed by atoms with Crippen molar-refractivity contribution in [2.75, 3.05) is 24.5 Å². The Morgan fingerprint density at radius 1 is 0.886 bits per heavy atom. The third-order valence-electron chi connectivity index (χ3n) is 5.62. The number of rotatable bonds is 5. The molecule has 0 unspecified atom stereocenters. The third kappa shape index (κ3) is 10.7. The van der Waals surface area contributed by atoms with Gasteiger partial charge in [-0.25, -0.2) is 23.4 Å². The van der Waals surface area contributed by atoms with Crippen LogP contribution in [-0.4, -0.2) is 74.5 Å². The molecule has 10 nitrogen and oxygen atoms in total. The molecule has 0 aliphatic carbocycles. The lowest BCUT2D eigenvalue weighted by Gasteiger charge is -2.34. The number of nitriles is 1. The third-order valence-corrected chi connectivity index (χ3v) is 5.62. The van der Waals surface area contributed by atoms with Crippen LogP contribution in [0.4, 0.5) is 40.8 Å². The van der Waals surface area contributed by atoms with E-state index in [0.717, 1.165) is 23.4 Å². The number of amides is 1. The van der Waals surface area contributed by atoms with Gasteiger partial charge in [-0.05, 0) is 29.8 Å². The summed E-state index contributed by atoms with van der Waals surface area (Å²) in [5, 5.41) is 23.2. The van der Waals surface area contributed by atoms with Crippen LogP contribution in [0.2, 0.25) is 0 Å². The average molecular weight is 635 g/mol. The summed E-state index contributed by atoms with van der Waals surface area (Å²) in [7, 11) is 0. The van der Waals surface area contributed by atoms with Crippen molar-refractivity contribution in [1.82, 2.24) is 14.5 Å². The second-order valence-electron chi connectivity index (χ2n) is 8.78. The van der Waals surface area contributed by atoms with E-state index in [1.165, 1.54) is 11.0 Å². The van der Waals surface area contributed by atoms with Gasteiger partial charge in [0.25, 0.3) is 0 Å². The first kappa shape index (κ1) is 35.1. The molecule has 2 N–H and O–H groups in total. The van der Waals surface area contributed by atoms with Crippen molar-refractivity contribution in [3.8, 4) is 6.07 Å². The largest absolute Gasteiger partial charge is 0.490 e. The van der Waals surface area contributed by atoms with E-state index in [9.17, 15) is 39.9 Å². The van der Waals surface area contributed by atoms with Gasteiger partial charge >= 0.3 is 24.3 Å². The van der Waals surface area contributed by atoms with E-state index in [0.29, 0.717) is 37.4 Å². The molecule has 1 fully saturated rings. The smallest absolute Gasteiger partial charge is 0.475 e. The van der Waals surface area contributed by atoms with Gasteiger partial charge in [-0.1, -0.05) is 12.1 Å². The first-order valence-corrected chi connectivity index (χ1v) is 12.0. The van der Waals surface area contributed by atoms with Gasteiger partial charge in [0.15, 0.2) is 11.6 Å². The lowest BCUT2D eigenvalue weighted by atomic mass is 10.1. The zero-order valence-corrected chi connectivity index (χ0v) is 22.1. The van der Waals surface area contributed by atoms with Crippen LogP contribution < -0.4 is 4.90 Å². The molecular weight excluding hydrogens is 614 g/mol. The molecule has 0 bridgehead atoms. The number of aliphatic carboxylic acids is 2. The van der Waals surface area contributed by atoms with Crippen LogP contribution in [0.3, 0.4) is 0 Å². The number of hydrogen-bond acceptors (Lipinski definition) is 6. The van der Waals surface area contributed by atoms with Crippen molar-refractivity contribution >= 4 is 23.5 Å². The molecule has 2 heterocycles. The number of benzene rings is 2. The van der Waals surface area contributed by atoms with Crippen LogP contribution in [0.5, 0.6) is 0 Å². The number of carbonyl (C=O) groups is 3. The van der Waals surface area contributed by atoms with Gasteiger partial charge < -0.3 is 19.7 Å². The molecule has 1 saturated heterocycles. The van der Waals surface area contributed by atoms with Gasteiger partial charge in [-0.2, -0.15) is 31.6 Å². The van der Waals surface area contributed by atoms with Gasteiger partial charge in [0, 0.05) is 44.1 Å². The second-order valence-corrected chi connectivity index (χ2v) is 8.78. The maximum atomic E-state index is 13.5. The minimum Gasteiger partial charge on any atom is -0.475 e. The Bertz CT molecular complexity index is 1480. The topological polar surface area (TPSA) is 140 Å². The zero-order chi connectivity index (χ0) is 33.2. The summed E-state index contributed by atoms with van der Waals surface area (Å²) >= 11 is 0. The molecule has 1 aromatic heterocycles. The van der Waals surface area contributed by atoms with Crippen molar-refractivity contribution < 1.29 is 59.7 Å². The molecule has 18 heteroatoms. The van der Waals surface area contributed by atoms with E-state index < -0.39 is 35.9 Å². The highest BCUT2D eigenvalue weighted by molar-refractivity contribution is 5.95. The van der Waals surface area contributed by atoms with Crippen LogP contribution in [0.1, 0.15) is 16.8 Å². The van der Waals surface area contributed by atoms with Crippen LogP contribution in [0.15, 0.2) is 55.0 Å². The Morgan fingerprint density at radius 2 is 1.45 bits per heavy atom. The maximum Gasteiger partial charge on any atom is 0.490 e. The predicted molar refractivity (Wildman–Crippen MR) is 134 cm³/mol. The number of carbonyl (C=O) groups excluding carboxylic acids is 1. The highest BCUT2D eigenvalue weighted by atomic mass is 19.4. The SMILES string of the molecule is N#Cc1ccc(Cn2cncc2CN2CCN(c3ccc(F)c(F)c3)C(=O)C2)cc1.O=C(O)C(F)(F)F.O=C(O)C(F)(F)F. The number of piperazine rings is 1. The Morgan fingerprint density at radius 3 is 1.93 bits per heavy atom. The molecule has 2 aromatic carbocycles. The van der Waals surface area contributed by atoms with Gasteiger partial charge in [-0.3, -0.25) is 9.69 Å². The minimum atomic E-state index is -5.08. The molecule has 1 aliphatic heterocycles. The number of alkyl halides is 6. The molecule has 0 saturated carbocycles. The number of carboxylic acids is 2. The lowest BCUT2D eigenvalue weighted by molar-refractivity contribution is -0.193. The summed E-state index contributed by atoms with van der Waals surface area (Å²) in [6.45, 7) is 2.35. The number of hydrogen-bond donors (Lipinski definition) is 2. The second kappa shape index (κ2) is 14.9. The van der Waals surface area contributed by atoms with Crippen LogP contribution in [-0.2, 0) is 27.5 Å². The fourth-order valence-corrected chi connectivity index (χ4v) is 3.52. The summed E-state index contributed by atoms with van der Waals surface area (Å²) in [4.78, 5) is 38.1. The first-order valence-electron chi connectivity index (χ1n) is 12.0. The van der Waals surface area contributed by atoms with E-state index in [1.54, 1.807) is 24.7 Å².